The van der Waals surface area contributed by atoms with Crippen LogP contribution >= 0.6 is 0 Å². The number of rotatable bonds is 5. The second kappa shape index (κ2) is 6.84. The Labute approximate surface area is 125 Å². The fourth-order valence-corrected chi connectivity index (χ4v) is 3.58. The Morgan fingerprint density at radius 2 is 1.81 bits per heavy atom. The van der Waals surface area contributed by atoms with Crippen LogP contribution in [-0.4, -0.2) is 49.1 Å². The lowest BCUT2D eigenvalue weighted by molar-refractivity contribution is 0.264. The van der Waals surface area contributed by atoms with Crippen molar-refractivity contribution in [2.75, 3.05) is 39.3 Å². The van der Waals surface area contributed by atoms with E-state index in [9.17, 15) is 8.78 Å². The van der Waals surface area contributed by atoms with Crippen LogP contribution in [0, 0.1) is 17.6 Å². The van der Waals surface area contributed by atoms with Gasteiger partial charge < -0.3 is 9.80 Å². The first-order chi connectivity index (χ1) is 10.2. The van der Waals surface area contributed by atoms with Gasteiger partial charge >= 0.3 is 0 Å². The van der Waals surface area contributed by atoms with Crippen LogP contribution in [0.3, 0.4) is 0 Å². The van der Waals surface area contributed by atoms with Gasteiger partial charge in [0.15, 0.2) is 11.6 Å². The summed E-state index contributed by atoms with van der Waals surface area (Å²) in [4.78, 5) is 5.05. The Morgan fingerprint density at radius 3 is 2.57 bits per heavy atom. The number of nitrogens with zero attached hydrogens (tertiary/aromatic N) is 2. The third-order valence-electron chi connectivity index (χ3n) is 4.79. The molecule has 21 heavy (non-hydrogen) atoms. The maximum atomic E-state index is 13.2. The summed E-state index contributed by atoms with van der Waals surface area (Å²) in [6.45, 7) is 7.02. The summed E-state index contributed by atoms with van der Waals surface area (Å²) in [7, 11) is 0. The lowest BCUT2D eigenvalue weighted by Gasteiger charge is -2.20. The molecule has 0 amide bonds. The van der Waals surface area contributed by atoms with Crippen LogP contribution in [0.5, 0.6) is 0 Å². The predicted octanol–water partition coefficient (Wildman–Crippen LogP) is 2.93. The third kappa shape index (κ3) is 4.01. The molecular formula is C17H24F2N2. The van der Waals surface area contributed by atoms with Gasteiger partial charge in [-0.25, -0.2) is 8.78 Å². The lowest BCUT2D eigenvalue weighted by Crippen LogP contribution is -2.29. The van der Waals surface area contributed by atoms with Gasteiger partial charge in [0.1, 0.15) is 0 Å². The molecule has 0 aromatic heterocycles. The zero-order valence-electron chi connectivity index (χ0n) is 12.5. The highest BCUT2D eigenvalue weighted by Gasteiger charge is 2.25. The molecule has 116 valence electrons. The molecular weight excluding hydrogens is 270 g/mol. The van der Waals surface area contributed by atoms with Crippen LogP contribution in [0.25, 0.3) is 0 Å². The van der Waals surface area contributed by atoms with Crippen LogP contribution in [0.15, 0.2) is 18.2 Å². The summed E-state index contributed by atoms with van der Waals surface area (Å²) in [5.41, 5.74) is 0.886. The second-order valence-corrected chi connectivity index (χ2v) is 6.46. The van der Waals surface area contributed by atoms with Gasteiger partial charge in [-0.3, -0.25) is 0 Å². The van der Waals surface area contributed by atoms with Crippen molar-refractivity contribution in [3.63, 3.8) is 0 Å². The molecule has 0 aliphatic carbocycles. The maximum Gasteiger partial charge on any atom is 0.159 e. The predicted molar refractivity (Wildman–Crippen MR) is 80.3 cm³/mol. The van der Waals surface area contributed by atoms with Gasteiger partial charge in [-0.15, -0.1) is 0 Å². The molecule has 2 nitrogen and oxygen atoms in total. The van der Waals surface area contributed by atoms with Crippen molar-refractivity contribution in [3.05, 3.63) is 35.4 Å². The van der Waals surface area contributed by atoms with E-state index in [4.69, 9.17) is 0 Å². The summed E-state index contributed by atoms with van der Waals surface area (Å²) in [6, 6.07) is 4.24. The van der Waals surface area contributed by atoms with Crippen molar-refractivity contribution < 1.29 is 8.78 Å². The molecule has 1 unspecified atom stereocenters. The van der Waals surface area contributed by atoms with Crippen molar-refractivity contribution in [1.82, 2.24) is 9.80 Å². The van der Waals surface area contributed by atoms with Crippen molar-refractivity contribution in [2.24, 2.45) is 5.92 Å². The van der Waals surface area contributed by atoms with Crippen molar-refractivity contribution in [2.45, 2.75) is 25.7 Å². The largest absolute Gasteiger partial charge is 0.303 e. The number of hydrogen-bond donors (Lipinski definition) is 0. The van der Waals surface area contributed by atoms with Crippen molar-refractivity contribution in [3.8, 4) is 0 Å². The topological polar surface area (TPSA) is 6.48 Å². The summed E-state index contributed by atoms with van der Waals surface area (Å²) >= 11 is 0. The van der Waals surface area contributed by atoms with Crippen LogP contribution in [0.1, 0.15) is 24.8 Å². The molecule has 2 saturated heterocycles. The first-order valence-corrected chi connectivity index (χ1v) is 8.09. The monoisotopic (exact) mass is 294 g/mol. The van der Waals surface area contributed by atoms with Crippen LogP contribution in [0.2, 0.25) is 0 Å². The van der Waals surface area contributed by atoms with Gasteiger partial charge in [0.25, 0.3) is 0 Å². The molecule has 2 heterocycles. The van der Waals surface area contributed by atoms with E-state index in [1.165, 1.54) is 51.0 Å². The fraction of sp³-hybridized carbons (Fsp3) is 0.647. The minimum atomic E-state index is -0.759. The fourth-order valence-electron chi connectivity index (χ4n) is 3.58. The highest BCUT2D eigenvalue weighted by molar-refractivity contribution is 5.18. The van der Waals surface area contributed by atoms with Crippen LogP contribution in [0.4, 0.5) is 8.78 Å². The normalized spacial score (nSPS) is 24.0. The lowest BCUT2D eigenvalue weighted by atomic mass is 10.1. The Kier molecular flexibility index (Phi) is 4.86. The molecule has 0 N–H and O–H groups in total. The quantitative estimate of drug-likeness (QED) is 0.824. The zero-order valence-corrected chi connectivity index (χ0v) is 12.5. The van der Waals surface area contributed by atoms with Gasteiger partial charge in [-0.1, -0.05) is 6.07 Å². The molecule has 0 spiro atoms. The molecule has 2 fully saturated rings. The van der Waals surface area contributed by atoms with Crippen LogP contribution in [-0.2, 0) is 6.42 Å². The first kappa shape index (κ1) is 14.9. The Bertz CT molecular complexity index is 472. The molecule has 0 radical (unpaired) electrons. The Hall–Kier alpha value is -1.00. The van der Waals surface area contributed by atoms with E-state index >= 15 is 0 Å². The third-order valence-corrected chi connectivity index (χ3v) is 4.79. The van der Waals surface area contributed by atoms with Gasteiger partial charge in [0.2, 0.25) is 0 Å². The van der Waals surface area contributed by atoms with Crippen molar-refractivity contribution in [1.29, 1.82) is 0 Å². The Balaban J connectivity index is 1.42. The minimum absolute atomic E-state index is 0.735. The van der Waals surface area contributed by atoms with Gasteiger partial charge in [0, 0.05) is 19.6 Å². The number of hydrogen-bond acceptors (Lipinski definition) is 2. The average molecular weight is 294 g/mol. The molecule has 3 rings (SSSR count). The van der Waals surface area contributed by atoms with E-state index in [-0.39, 0.29) is 0 Å². The molecule has 1 aromatic rings. The van der Waals surface area contributed by atoms with E-state index < -0.39 is 11.6 Å². The molecule has 0 saturated carbocycles. The molecule has 0 bridgehead atoms. The molecule has 2 aliphatic rings. The zero-order chi connectivity index (χ0) is 14.7. The summed E-state index contributed by atoms with van der Waals surface area (Å²) in [5, 5.41) is 0. The molecule has 1 aromatic carbocycles. The SMILES string of the molecule is Fc1ccc(CCN2CCC(CN3CCCC3)C2)cc1F. The number of likely N-dealkylation sites (tertiary alicyclic amines) is 2. The first-order valence-electron chi connectivity index (χ1n) is 8.09. The van der Waals surface area contributed by atoms with Gasteiger partial charge in [0.05, 0.1) is 0 Å². The summed E-state index contributed by atoms with van der Waals surface area (Å²) in [5.74, 6) is -0.709. The Morgan fingerprint density at radius 1 is 1.00 bits per heavy atom. The van der Waals surface area contributed by atoms with E-state index in [2.05, 4.69) is 9.80 Å². The highest BCUT2D eigenvalue weighted by Crippen LogP contribution is 2.20. The number of halogens is 2. The minimum Gasteiger partial charge on any atom is -0.303 e. The molecule has 2 aliphatic heterocycles. The van der Waals surface area contributed by atoms with E-state index in [1.54, 1.807) is 6.07 Å². The van der Waals surface area contributed by atoms with Crippen molar-refractivity contribution >= 4 is 0 Å². The van der Waals surface area contributed by atoms with E-state index in [0.29, 0.717) is 0 Å². The van der Waals surface area contributed by atoms with E-state index in [1.807, 2.05) is 0 Å². The van der Waals surface area contributed by atoms with E-state index in [0.717, 1.165) is 37.5 Å². The summed E-state index contributed by atoms with van der Waals surface area (Å²) in [6.07, 6.45) is 4.78. The van der Waals surface area contributed by atoms with Gasteiger partial charge in [-0.2, -0.15) is 0 Å². The molecule has 1 atom stereocenters. The summed E-state index contributed by atoms with van der Waals surface area (Å²) < 4.78 is 26.1. The number of benzene rings is 1. The standard InChI is InChI=1S/C17H24F2N2/c18-16-4-3-14(11-17(16)19)5-9-21-10-6-15(13-21)12-20-7-1-2-8-20/h3-4,11,15H,1-2,5-10,12-13H2. The smallest absolute Gasteiger partial charge is 0.159 e. The highest BCUT2D eigenvalue weighted by atomic mass is 19.2. The van der Waals surface area contributed by atoms with Gasteiger partial charge in [-0.05, 0) is 68.9 Å². The molecule has 4 heteroatoms. The maximum absolute atomic E-state index is 13.2. The second-order valence-electron chi connectivity index (χ2n) is 6.46. The average Bonchev–Trinajstić information content (AvgIpc) is 3.13. The van der Waals surface area contributed by atoms with Crippen LogP contribution < -0.4 is 0 Å².